The third kappa shape index (κ3) is 1.35. The molecule has 0 saturated heterocycles. The fourth-order valence-electron chi connectivity index (χ4n) is 4.56. The summed E-state index contributed by atoms with van der Waals surface area (Å²) in [6.07, 6.45) is 14.0. The van der Waals surface area contributed by atoms with E-state index in [9.17, 15) is 0 Å². The summed E-state index contributed by atoms with van der Waals surface area (Å²) in [6.45, 7) is 8.34. The Kier molecular flexibility index (Phi) is 2.31. The maximum Gasteiger partial charge on any atom is -0.0234 e. The van der Waals surface area contributed by atoms with Crippen molar-refractivity contribution in [1.82, 2.24) is 0 Å². The predicted octanol–water partition coefficient (Wildman–Crippen LogP) is 5.01. The van der Waals surface area contributed by atoms with Crippen molar-refractivity contribution in [3.05, 3.63) is 24.3 Å². The molecule has 0 heteroatoms. The number of hydrogen-bond acceptors (Lipinski definition) is 0. The Hall–Kier alpha value is -0.520. The average molecular weight is 216 g/mol. The molecule has 0 aromatic heterocycles. The number of hydrogen-bond donors (Lipinski definition) is 0. The molecule has 2 spiro atoms. The van der Waals surface area contributed by atoms with Gasteiger partial charge in [0.15, 0.2) is 0 Å². The molecule has 0 amide bonds. The van der Waals surface area contributed by atoms with Crippen LogP contribution in [-0.4, -0.2) is 0 Å². The number of allylic oxidation sites excluding steroid dienone is 2. The summed E-state index contributed by atoms with van der Waals surface area (Å²) in [4.78, 5) is 0. The van der Waals surface area contributed by atoms with Gasteiger partial charge in [0, 0.05) is 0 Å². The molecule has 0 unspecified atom stereocenters. The highest BCUT2D eigenvalue weighted by atomic mass is 14.6. The van der Waals surface area contributed by atoms with Crippen molar-refractivity contribution in [3.8, 4) is 0 Å². The first kappa shape index (κ1) is 10.6. The lowest BCUT2D eigenvalue weighted by atomic mass is 9.41. The molecular formula is C16H24. The second-order valence-corrected chi connectivity index (χ2v) is 6.56. The predicted molar refractivity (Wildman–Crippen MR) is 69.3 cm³/mol. The van der Waals surface area contributed by atoms with Gasteiger partial charge in [0.25, 0.3) is 0 Å². The van der Waals surface area contributed by atoms with E-state index in [2.05, 4.69) is 13.2 Å². The van der Waals surface area contributed by atoms with E-state index in [0.717, 1.165) is 10.8 Å². The van der Waals surface area contributed by atoms with Crippen LogP contribution < -0.4 is 0 Å². The zero-order chi connectivity index (χ0) is 11.2. The Morgan fingerprint density at radius 1 is 0.562 bits per heavy atom. The molecule has 3 aliphatic rings. The zero-order valence-electron chi connectivity index (χ0n) is 10.5. The average Bonchev–Trinajstić information content (AvgIpc) is 2.30. The van der Waals surface area contributed by atoms with Crippen LogP contribution in [0.15, 0.2) is 24.3 Å². The molecule has 16 heavy (non-hydrogen) atoms. The van der Waals surface area contributed by atoms with Crippen molar-refractivity contribution >= 4 is 0 Å². The van der Waals surface area contributed by atoms with Crippen molar-refractivity contribution in [2.75, 3.05) is 0 Å². The Bertz CT molecular complexity index is 280. The van der Waals surface area contributed by atoms with Crippen LogP contribution in [0, 0.1) is 10.8 Å². The minimum absolute atomic E-state index is 0.731. The molecule has 3 rings (SSSR count). The number of rotatable bonds is 0. The van der Waals surface area contributed by atoms with Gasteiger partial charge >= 0.3 is 0 Å². The van der Waals surface area contributed by atoms with Gasteiger partial charge in [0.1, 0.15) is 0 Å². The highest BCUT2D eigenvalue weighted by Gasteiger charge is 2.58. The van der Waals surface area contributed by atoms with Crippen LogP contribution in [0.1, 0.15) is 64.2 Å². The third-order valence-corrected chi connectivity index (χ3v) is 6.04. The van der Waals surface area contributed by atoms with Crippen molar-refractivity contribution in [2.45, 2.75) is 64.2 Å². The molecule has 88 valence electrons. The molecule has 0 aromatic carbocycles. The van der Waals surface area contributed by atoms with Crippen LogP contribution in [0.2, 0.25) is 0 Å². The van der Waals surface area contributed by atoms with Gasteiger partial charge in [-0.15, -0.1) is 0 Å². The van der Waals surface area contributed by atoms with Crippen LogP contribution in [0.25, 0.3) is 0 Å². The van der Waals surface area contributed by atoms with Gasteiger partial charge in [-0.1, -0.05) is 24.3 Å². The smallest absolute Gasteiger partial charge is 0.0234 e. The topological polar surface area (TPSA) is 0 Å². The quantitative estimate of drug-likeness (QED) is 0.499. The van der Waals surface area contributed by atoms with E-state index in [0.29, 0.717) is 0 Å². The second kappa shape index (κ2) is 3.48. The Balaban J connectivity index is 1.77. The fraction of sp³-hybridized carbons (Fsp3) is 0.750. The highest BCUT2D eigenvalue weighted by molar-refractivity contribution is 5.17. The monoisotopic (exact) mass is 216 g/mol. The summed E-state index contributed by atoms with van der Waals surface area (Å²) in [7, 11) is 0. The Morgan fingerprint density at radius 3 is 1.12 bits per heavy atom. The zero-order valence-corrected chi connectivity index (χ0v) is 10.5. The van der Waals surface area contributed by atoms with E-state index >= 15 is 0 Å². The summed E-state index contributed by atoms with van der Waals surface area (Å²) >= 11 is 0. The maximum absolute atomic E-state index is 4.17. The number of fused-ring (bicyclic) bond motifs is 1. The lowest BCUT2D eigenvalue weighted by Crippen LogP contribution is -2.53. The molecule has 0 radical (unpaired) electrons. The largest absolute Gasteiger partial charge is 0.0999 e. The molecule has 0 nitrogen and oxygen atoms in total. The van der Waals surface area contributed by atoms with Crippen LogP contribution in [0.5, 0.6) is 0 Å². The van der Waals surface area contributed by atoms with Gasteiger partial charge in [-0.2, -0.15) is 0 Å². The molecule has 3 saturated carbocycles. The summed E-state index contributed by atoms with van der Waals surface area (Å²) in [5.41, 5.74) is 4.48. The Labute approximate surface area is 99.8 Å². The van der Waals surface area contributed by atoms with Crippen LogP contribution in [0.3, 0.4) is 0 Å². The lowest BCUT2D eigenvalue weighted by Gasteiger charge is -2.64. The first-order valence-corrected chi connectivity index (χ1v) is 6.99. The van der Waals surface area contributed by atoms with Gasteiger partial charge in [-0.05, 0) is 75.0 Å². The first-order valence-electron chi connectivity index (χ1n) is 6.99. The molecule has 3 aliphatic carbocycles. The first-order chi connectivity index (χ1) is 7.66. The third-order valence-electron chi connectivity index (χ3n) is 6.04. The van der Waals surface area contributed by atoms with Crippen LogP contribution >= 0.6 is 0 Å². The molecular weight excluding hydrogens is 192 g/mol. The molecule has 0 aromatic rings. The van der Waals surface area contributed by atoms with Crippen molar-refractivity contribution in [1.29, 1.82) is 0 Å². The fourth-order valence-corrected chi connectivity index (χ4v) is 4.56. The van der Waals surface area contributed by atoms with Gasteiger partial charge in [-0.3, -0.25) is 0 Å². The molecule has 0 atom stereocenters. The summed E-state index contributed by atoms with van der Waals surface area (Å²) in [6, 6.07) is 0. The minimum atomic E-state index is 0.731. The van der Waals surface area contributed by atoms with Crippen molar-refractivity contribution in [3.63, 3.8) is 0 Å². The maximum atomic E-state index is 4.17. The molecule has 0 aliphatic heterocycles. The van der Waals surface area contributed by atoms with E-state index < -0.39 is 0 Å². The van der Waals surface area contributed by atoms with Crippen molar-refractivity contribution in [2.24, 2.45) is 10.8 Å². The van der Waals surface area contributed by atoms with E-state index in [1.165, 1.54) is 75.4 Å². The van der Waals surface area contributed by atoms with E-state index in [1.54, 1.807) is 0 Å². The van der Waals surface area contributed by atoms with Gasteiger partial charge in [-0.25, -0.2) is 0 Å². The lowest BCUT2D eigenvalue weighted by molar-refractivity contribution is -0.118. The molecule has 3 fully saturated rings. The summed E-state index contributed by atoms with van der Waals surface area (Å²) in [5, 5.41) is 0. The van der Waals surface area contributed by atoms with Crippen LogP contribution in [0.4, 0.5) is 0 Å². The van der Waals surface area contributed by atoms with Gasteiger partial charge in [0.2, 0.25) is 0 Å². The standard InChI is InChI=1S/C16H24/c1-13-3-7-15(8-4-13)11-12-16(15)9-5-14(2)6-10-16/h1-12H2. The SMILES string of the molecule is C=C1CCC2(CC1)CCC21CCC(=C)CC1. The molecule has 0 N–H and O–H groups in total. The van der Waals surface area contributed by atoms with Crippen molar-refractivity contribution < 1.29 is 0 Å². The van der Waals surface area contributed by atoms with E-state index in [1.807, 2.05) is 0 Å². The summed E-state index contributed by atoms with van der Waals surface area (Å²) in [5.74, 6) is 0. The van der Waals surface area contributed by atoms with Crippen LogP contribution in [-0.2, 0) is 0 Å². The second-order valence-electron chi connectivity index (χ2n) is 6.56. The van der Waals surface area contributed by atoms with Gasteiger partial charge < -0.3 is 0 Å². The van der Waals surface area contributed by atoms with E-state index in [-0.39, 0.29) is 0 Å². The normalized spacial score (nSPS) is 31.8. The minimum Gasteiger partial charge on any atom is -0.0999 e. The summed E-state index contributed by atoms with van der Waals surface area (Å²) < 4.78 is 0. The Morgan fingerprint density at radius 2 is 0.875 bits per heavy atom. The highest BCUT2D eigenvalue weighted by Crippen LogP contribution is 2.69. The van der Waals surface area contributed by atoms with E-state index in [4.69, 9.17) is 0 Å². The van der Waals surface area contributed by atoms with Gasteiger partial charge in [0.05, 0.1) is 0 Å². The molecule has 0 heterocycles. The molecule has 0 bridgehead atoms.